The Labute approximate surface area is 141 Å². The van der Waals surface area contributed by atoms with Crippen LogP contribution in [0, 0.1) is 12.8 Å². The predicted octanol–water partition coefficient (Wildman–Crippen LogP) is 3.57. The molecule has 0 unspecified atom stereocenters. The minimum Gasteiger partial charge on any atom is -0.333 e. The van der Waals surface area contributed by atoms with Crippen LogP contribution in [0.25, 0.3) is 0 Å². The van der Waals surface area contributed by atoms with Gasteiger partial charge < -0.3 is 10.2 Å². The van der Waals surface area contributed by atoms with Crippen LogP contribution in [0.5, 0.6) is 0 Å². The molecule has 3 nitrogen and oxygen atoms in total. The quantitative estimate of drug-likeness (QED) is 0.741. The number of nitrogens with one attached hydrogen (secondary N) is 1. The van der Waals surface area contributed by atoms with Gasteiger partial charge in [-0.05, 0) is 25.5 Å². The zero-order valence-electron chi connectivity index (χ0n) is 14.1. The van der Waals surface area contributed by atoms with E-state index in [9.17, 15) is 4.79 Å². The first-order chi connectivity index (χ1) is 10.0. The summed E-state index contributed by atoms with van der Waals surface area (Å²) < 4.78 is 0. The van der Waals surface area contributed by atoms with Gasteiger partial charge in [-0.3, -0.25) is 4.79 Å². The van der Waals surface area contributed by atoms with Gasteiger partial charge in [-0.2, -0.15) is 0 Å². The van der Waals surface area contributed by atoms with Crippen molar-refractivity contribution in [3.05, 3.63) is 48.0 Å². The van der Waals surface area contributed by atoms with E-state index in [4.69, 9.17) is 0 Å². The summed E-state index contributed by atoms with van der Waals surface area (Å²) in [6.07, 6.45) is 2.76. The first-order valence-electron chi connectivity index (χ1n) is 7.65. The van der Waals surface area contributed by atoms with Crippen molar-refractivity contribution >= 4 is 18.3 Å². The van der Waals surface area contributed by atoms with Crippen molar-refractivity contribution in [2.24, 2.45) is 5.92 Å². The van der Waals surface area contributed by atoms with Crippen LogP contribution in [0.1, 0.15) is 31.4 Å². The zero-order chi connectivity index (χ0) is 15.8. The highest BCUT2D eigenvalue weighted by Crippen LogP contribution is 2.13. The second-order valence-corrected chi connectivity index (χ2v) is 5.64. The Bertz CT molecular complexity index is 459. The molecule has 0 aromatic heterocycles. The number of halogens is 1. The lowest BCUT2D eigenvalue weighted by Crippen LogP contribution is -2.48. The van der Waals surface area contributed by atoms with E-state index in [2.05, 4.69) is 56.9 Å². The third-order valence-corrected chi connectivity index (χ3v) is 3.95. The van der Waals surface area contributed by atoms with Crippen LogP contribution in [0.15, 0.2) is 36.9 Å². The zero-order valence-corrected chi connectivity index (χ0v) is 15.0. The van der Waals surface area contributed by atoms with Gasteiger partial charge in [0, 0.05) is 13.1 Å². The van der Waals surface area contributed by atoms with Crippen LogP contribution in [-0.2, 0) is 11.3 Å². The number of carbonyl (C=O) groups is 1. The summed E-state index contributed by atoms with van der Waals surface area (Å²) >= 11 is 0. The van der Waals surface area contributed by atoms with Gasteiger partial charge >= 0.3 is 0 Å². The van der Waals surface area contributed by atoms with Crippen LogP contribution in [-0.4, -0.2) is 30.4 Å². The van der Waals surface area contributed by atoms with Gasteiger partial charge in [0.25, 0.3) is 0 Å². The summed E-state index contributed by atoms with van der Waals surface area (Å²) in [5.74, 6) is 0.458. The Hall–Kier alpha value is -1.32. The number of benzene rings is 1. The molecule has 2 atom stereocenters. The molecular weight excluding hydrogens is 296 g/mol. The van der Waals surface area contributed by atoms with Gasteiger partial charge in [0.15, 0.2) is 0 Å². The van der Waals surface area contributed by atoms with E-state index in [1.807, 2.05) is 11.9 Å². The van der Waals surface area contributed by atoms with E-state index >= 15 is 0 Å². The molecule has 0 bridgehead atoms. The van der Waals surface area contributed by atoms with Crippen LogP contribution in [0.3, 0.4) is 0 Å². The molecule has 0 aliphatic heterocycles. The van der Waals surface area contributed by atoms with E-state index in [-0.39, 0.29) is 24.4 Å². The number of rotatable bonds is 8. The van der Waals surface area contributed by atoms with E-state index in [1.54, 1.807) is 6.08 Å². The molecule has 0 fully saturated rings. The molecule has 4 heteroatoms. The van der Waals surface area contributed by atoms with Crippen molar-refractivity contribution in [3.63, 3.8) is 0 Å². The molecule has 1 aromatic carbocycles. The molecule has 0 saturated heterocycles. The van der Waals surface area contributed by atoms with Crippen molar-refractivity contribution in [2.45, 2.75) is 39.8 Å². The van der Waals surface area contributed by atoms with Gasteiger partial charge in [-0.1, -0.05) is 56.2 Å². The maximum atomic E-state index is 12.8. The minimum absolute atomic E-state index is 0. The number of carbonyl (C=O) groups excluding carboxylic acids is 1. The van der Waals surface area contributed by atoms with Gasteiger partial charge in [0.2, 0.25) is 5.91 Å². The van der Waals surface area contributed by atoms with Crippen molar-refractivity contribution < 1.29 is 4.79 Å². The molecule has 22 heavy (non-hydrogen) atoms. The number of nitrogens with zero attached hydrogens (tertiary/aromatic N) is 1. The highest BCUT2D eigenvalue weighted by atomic mass is 35.5. The molecule has 1 amide bonds. The van der Waals surface area contributed by atoms with Crippen LogP contribution in [0.2, 0.25) is 0 Å². The van der Waals surface area contributed by atoms with Crippen molar-refractivity contribution in [1.82, 2.24) is 10.2 Å². The highest BCUT2D eigenvalue weighted by Gasteiger charge is 2.26. The SMILES string of the molecule is C=CCN(Cc1ccc(C)cc1)C(=O)[C@@H](NC)[C@@H](C)CC.Cl. The Balaban J connectivity index is 0.00000441. The second kappa shape index (κ2) is 10.4. The first kappa shape index (κ1) is 20.7. The van der Waals surface area contributed by atoms with Gasteiger partial charge in [-0.25, -0.2) is 0 Å². The molecule has 124 valence electrons. The summed E-state index contributed by atoms with van der Waals surface area (Å²) in [6, 6.07) is 8.18. The smallest absolute Gasteiger partial charge is 0.240 e. The Morgan fingerprint density at radius 1 is 1.36 bits per heavy atom. The van der Waals surface area contributed by atoms with E-state index < -0.39 is 0 Å². The maximum absolute atomic E-state index is 12.8. The molecule has 1 N–H and O–H groups in total. The third kappa shape index (κ3) is 5.82. The Morgan fingerprint density at radius 3 is 2.41 bits per heavy atom. The summed E-state index contributed by atoms with van der Waals surface area (Å²) in [4.78, 5) is 14.6. The molecule has 1 aromatic rings. The first-order valence-corrected chi connectivity index (χ1v) is 7.65. The number of likely N-dealkylation sites (N-methyl/N-ethyl adjacent to an activating group) is 1. The molecule has 0 heterocycles. The fraction of sp³-hybridized carbons (Fsp3) is 0.500. The molecule has 0 aliphatic rings. The molecular formula is C18H29ClN2O. The van der Waals surface area contributed by atoms with E-state index in [0.717, 1.165) is 12.0 Å². The highest BCUT2D eigenvalue weighted by molar-refractivity contribution is 5.85. The fourth-order valence-corrected chi connectivity index (χ4v) is 2.39. The Kier molecular flexibility index (Phi) is 9.79. The molecule has 0 radical (unpaired) electrons. The summed E-state index contributed by atoms with van der Waals surface area (Å²) in [6.45, 7) is 11.3. The lowest BCUT2D eigenvalue weighted by atomic mass is 9.97. The Morgan fingerprint density at radius 2 is 1.95 bits per heavy atom. The number of aryl methyl sites for hydroxylation is 1. The van der Waals surface area contributed by atoms with E-state index in [0.29, 0.717) is 19.0 Å². The third-order valence-electron chi connectivity index (χ3n) is 3.95. The predicted molar refractivity (Wildman–Crippen MR) is 96.3 cm³/mol. The summed E-state index contributed by atoms with van der Waals surface area (Å²) in [7, 11) is 1.85. The fourth-order valence-electron chi connectivity index (χ4n) is 2.39. The molecule has 0 saturated carbocycles. The van der Waals surface area contributed by atoms with Crippen LogP contribution < -0.4 is 5.32 Å². The molecule has 0 spiro atoms. The standard InChI is InChI=1S/C18H28N2O.ClH/c1-6-12-20(13-16-10-8-14(3)9-11-16)18(21)17(19-5)15(4)7-2;/h6,8-11,15,17,19H,1,7,12-13H2,2-5H3;1H/t15-,17-;/m0./s1. The molecule has 1 rings (SSSR count). The largest absolute Gasteiger partial charge is 0.333 e. The maximum Gasteiger partial charge on any atom is 0.240 e. The topological polar surface area (TPSA) is 32.3 Å². The summed E-state index contributed by atoms with van der Waals surface area (Å²) in [5, 5.41) is 3.16. The number of hydrogen-bond donors (Lipinski definition) is 1. The lowest BCUT2D eigenvalue weighted by molar-refractivity contribution is -0.134. The second-order valence-electron chi connectivity index (χ2n) is 5.64. The lowest BCUT2D eigenvalue weighted by Gasteiger charge is -2.29. The van der Waals surface area contributed by atoms with Gasteiger partial charge in [-0.15, -0.1) is 19.0 Å². The average molecular weight is 325 g/mol. The molecule has 0 aliphatic carbocycles. The summed E-state index contributed by atoms with van der Waals surface area (Å²) in [5.41, 5.74) is 2.38. The average Bonchev–Trinajstić information content (AvgIpc) is 2.49. The monoisotopic (exact) mass is 324 g/mol. The number of hydrogen-bond acceptors (Lipinski definition) is 2. The minimum atomic E-state index is -0.139. The van der Waals surface area contributed by atoms with Gasteiger partial charge in [0.05, 0.1) is 6.04 Å². The van der Waals surface area contributed by atoms with Crippen LogP contribution >= 0.6 is 12.4 Å². The normalized spacial score (nSPS) is 12.9. The number of amides is 1. The van der Waals surface area contributed by atoms with Crippen molar-refractivity contribution in [3.8, 4) is 0 Å². The van der Waals surface area contributed by atoms with Crippen LogP contribution in [0.4, 0.5) is 0 Å². The van der Waals surface area contributed by atoms with Crippen molar-refractivity contribution in [1.29, 1.82) is 0 Å². The van der Waals surface area contributed by atoms with Crippen molar-refractivity contribution in [2.75, 3.05) is 13.6 Å². The van der Waals surface area contributed by atoms with E-state index in [1.165, 1.54) is 5.56 Å². The van der Waals surface area contributed by atoms with Gasteiger partial charge in [0.1, 0.15) is 0 Å².